The fraction of sp³-hybridized carbons (Fsp3) is 0.136. The first-order valence-electron chi connectivity index (χ1n) is 8.95. The third kappa shape index (κ3) is 5.87. The fourth-order valence-corrected chi connectivity index (χ4v) is 2.78. The fourth-order valence-electron chi connectivity index (χ4n) is 2.78. The number of carbonyl (C=O) groups is 3. The van der Waals surface area contributed by atoms with Gasteiger partial charge in [-0.05, 0) is 40.6 Å². The minimum absolute atomic E-state index is 0.125. The molecule has 0 aliphatic heterocycles. The van der Waals surface area contributed by atoms with Crippen LogP contribution in [0.4, 0.5) is 10.1 Å². The van der Waals surface area contributed by atoms with Crippen molar-refractivity contribution < 1.29 is 23.5 Å². The summed E-state index contributed by atoms with van der Waals surface area (Å²) in [6.45, 7) is -0.844. The van der Waals surface area contributed by atoms with Crippen molar-refractivity contribution in [3.63, 3.8) is 0 Å². The molecule has 0 saturated heterocycles. The summed E-state index contributed by atoms with van der Waals surface area (Å²) >= 11 is 0. The van der Waals surface area contributed by atoms with Crippen molar-refractivity contribution in [2.45, 2.75) is 6.42 Å². The van der Waals surface area contributed by atoms with Gasteiger partial charge >= 0.3 is 5.97 Å². The summed E-state index contributed by atoms with van der Waals surface area (Å²) in [6, 6.07) is 18.6. The normalized spacial score (nSPS) is 10.4. The number of hydrogen-bond donors (Lipinski definition) is 2. The highest BCUT2D eigenvalue weighted by atomic mass is 19.1. The van der Waals surface area contributed by atoms with Gasteiger partial charge in [-0.3, -0.25) is 14.4 Å². The lowest BCUT2D eigenvalue weighted by Crippen LogP contribution is -2.33. The molecule has 0 atom stereocenters. The van der Waals surface area contributed by atoms with Gasteiger partial charge in [0.2, 0.25) is 5.91 Å². The molecule has 2 N–H and O–H groups in total. The van der Waals surface area contributed by atoms with E-state index in [1.165, 1.54) is 24.3 Å². The molecule has 0 bridgehead atoms. The van der Waals surface area contributed by atoms with E-state index in [4.69, 9.17) is 4.74 Å². The zero-order valence-electron chi connectivity index (χ0n) is 15.5. The summed E-state index contributed by atoms with van der Waals surface area (Å²) in [5.41, 5.74) is 1.24. The number of rotatable bonds is 7. The third-order valence-electron chi connectivity index (χ3n) is 4.15. The van der Waals surface area contributed by atoms with Crippen LogP contribution in [-0.2, 0) is 25.5 Å². The smallest absolute Gasteiger partial charge is 0.325 e. The largest absolute Gasteiger partial charge is 0.454 e. The van der Waals surface area contributed by atoms with Crippen LogP contribution < -0.4 is 10.6 Å². The molecule has 0 fully saturated rings. The molecule has 3 aromatic carbocycles. The first-order valence-corrected chi connectivity index (χ1v) is 8.95. The maximum Gasteiger partial charge on any atom is 0.325 e. The standard InChI is InChI=1S/C22H19FN2O4/c23-17-8-10-18(11-9-17)25-21(27)14-29-22(28)13-24-20(26)12-16-6-3-5-15-4-1-2-7-19(15)16/h1-11H,12-14H2,(H,24,26)(H,25,27). The van der Waals surface area contributed by atoms with E-state index in [0.29, 0.717) is 5.69 Å². The van der Waals surface area contributed by atoms with Gasteiger partial charge in [-0.25, -0.2) is 4.39 Å². The van der Waals surface area contributed by atoms with E-state index in [1.54, 1.807) is 0 Å². The van der Waals surface area contributed by atoms with Crippen molar-refractivity contribution in [1.29, 1.82) is 0 Å². The molecule has 0 unspecified atom stereocenters. The molecule has 2 amide bonds. The molecule has 148 valence electrons. The molecule has 6 nitrogen and oxygen atoms in total. The van der Waals surface area contributed by atoms with Crippen LogP contribution in [0.3, 0.4) is 0 Å². The van der Waals surface area contributed by atoms with Gasteiger partial charge in [0, 0.05) is 5.69 Å². The van der Waals surface area contributed by atoms with Crippen molar-refractivity contribution in [3.8, 4) is 0 Å². The third-order valence-corrected chi connectivity index (χ3v) is 4.15. The molecule has 0 spiro atoms. The maximum absolute atomic E-state index is 12.8. The van der Waals surface area contributed by atoms with Gasteiger partial charge < -0.3 is 15.4 Å². The minimum Gasteiger partial charge on any atom is -0.454 e. The quantitative estimate of drug-likeness (QED) is 0.604. The van der Waals surface area contributed by atoms with Gasteiger partial charge in [0.15, 0.2) is 6.61 Å². The number of halogens is 1. The summed E-state index contributed by atoms with van der Waals surface area (Å²) in [6.07, 6.45) is 0.125. The zero-order chi connectivity index (χ0) is 20.6. The summed E-state index contributed by atoms with van der Waals surface area (Å²) in [4.78, 5) is 35.6. The molecule has 0 aromatic heterocycles. The maximum atomic E-state index is 12.8. The summed E-state index contributed by atoms with van der Waals surface area (Å²) in [5.74, 6) is -2.04. The molecule has 0 saturated carbocycles. The molecule has 3 rings (SSSR count). The second-order valence-corrected chi connectivity index (χ2v) is 6.31. The number of ether oxygens (including phenoxy) is 1. The van der Waals surface area contributed by atoms with Crippen molar-refractivity contribution in [1.82, 2.24) is 5.32 Å². The Morgan fingerprint density at radius 1 is 0.862 bits per heavy atom. The van der Waals surface area contributed by atoms with E-state index in [9.17, 15) is 18.8 Å². The Morgan fingerprint density at radius 2 is 1.59 bits per heavy atom. The molecule has 7 heteroatoms. The minimum atomic E-state index is -0.731. The number of fused-ring (bicyclic) bond motifs is 1. The van der Waals surface area contributed by atoms with E-state index >= 15 is 0 Å². The highest BCUT2D eigenvalue weighted by Crippen LogP contribution is 2.18. The predicted octanol–water partition coefficient (Wildman–Crippen LogP) is 2.82. The van der Waals surface area contributed by atoms with Gasteiger partial charge in [0.1, 0.15) is 12.4 Å². The lowest BCUT2D eigenvalue weighted by atomic mass is 10.0. The van der Waals surface area contributed by atoms with Crippen LogP contribution in [0.2, 0.25) is 0 Å². The number of hydrogen-bond acceptors (Lipinski definition) is 4. The van der Waals surface area contributed by atoms with Gasteiger partial charge in [-0.15, -0.1) is 0 Å². The highest BCUT2D eigenvalue weighted by Gasteiger charge is 2.11. The topological polar surface area (TPSA) is 84.5 Å². The predicted molar refractivity (Wildman–Crippen MR) is 107 cm³/mol. The molecule has 3 aromatic rings. The SMILES string of the molecule is O=C(Cc1cccc2ccccc12)NCC(=O)OCC(=O)Nc1ccc(F)cc1. The number of amides is 2. The van der Waals surface area contributed by atoms with E-state index < -0.39 is 24.3 Å². The molecule has 0 radical (unpaired) electrons. The monoisotopic (exact) mass is 394 g/mol. The van der Waals surface area contributed by atoms with E-state index in [1.807, 2.05) is 42.5 Å². The average Bonchev–Trinajstić information content (AvgIpc) is 2.73. The van der Waals surface area contributed by atoms with E-state index in [0.717, 1.165) is 16.3 Å². The number of benzene rings is 3. The lowest BCUT2D eigenvalue weighted by molar-refractivity contribution is -0.147. The van der Waals surface area contributed by atoms with Crippen molar-refractivity contribution in [2.24, 2.45) is 0 Å². The first-order chi connectivity index (χ1) is 14.0. The Bertz CT molecular complexity index is 1030. The molecule has 0 aliphatic carbocycles. The summed E-state index contributed by atoms with van der Waals surface area (Å²) < 4.78 is 17.7. The van der Waals surface area contributed by atoms with Crippen LogP contribution in [0.5, 0.6) is 0 Å². The van der Waals surface area contributed by atoms with Crippen LogP contribution in [0.25, 0.3) is 10.8 Å². The van der Waals surface area contributed by atoms with Crippen LogP contribution in [0.15, 0.2) is 66.7 Å². The Labute approximate surface area is 166 Å². The van der Waals surface area contributed by atoms with Crippen molar-refractivity contribution in [2.75, 3.05) is 18.5 Å². The van der Waals surface area contributed by atoms with Gasteiger partial charge in [0.05, 0.1) is 6.42 Å². The molecule has 29 heavy (non-hydrogen) atoms. The number of esters is 1. The zero-order valence-corrected chi connectivity index (χ0v) is 15.5. The van der Waals surface area contributed by atoms with Crippen LogP contribution in [0.1, 0.15) is 5.56 Å². The molecular formula is C22H19FN2O4. The van der Waals surface area contributed by atoms with E-state index in [2.05, 4.69) is 10.6 Å². The van der Waals surface area contributed by atoms with Crippen molar-refractivity contribution in [3.05, 3.63) is 78.1 Å². The number of carbonyl (C=O) groups excluding carboxylic acids is 3. The van der Waals surface area contributed by atoms with Gasteiger partial charge in [0.25, 0.3) is 5.91 Å². The lowest BCUT2D eigenvalue weighted by Gasteiger charge is -2.09. The Morgan fingerprint density at radius 3 is 2.38 bits per heavy atom. The summed E-state index contributed by atoms with van der Waals surface area (Å²) in [5, 5.41) is 6.97. The second kappa shape index (κ2) is 9.45. The van der Waals surface area contributed by atoms with Crippen molar-refractivity contribution >= 4 is 34.2 Å². The molecule has 0 aliphatic rings. The van der Waals surface area contributed by atoms with E-state index in [-0.39, 0.29) is 18.9 Å². The Balaban J connectivity index is 1.42. The first kappa shape index (κ1) is 20.0. The molecular weight excluding hydrogens is 375 g/mol. The number of nitrogens with one attached hydrogen (secondary N) is 2. The van der Waals surface area contributed by atoms with Gasteiger partial charge in [-0.1, -0.05) is 42.5 Å². The molecule has 0 heterocycles. The highest BCUT2D eigenvalue weighted by molar-refractivity contribution is 5.93. The number of anilines is 1. The van der Waals surface area contributed by atoms with Crippen LogP contribution in [-0.4, -0.2) is 30.9 Å². The summed E-state index contributed by atoms with van der Waals surface area (Å²) in [7, 11) is 0. The average molecular weight is 394 g/mol. The Kier molecular flexibility index (Phi) is 6.52. The Hall–Kier alpha value is -3.74. The van der Waals surface area contributed by atoms with Crippen LogP contribution >= 0.6 is 0 Å². The van der Waals surface area contributed by atoms with Crippen LogP contribution in [0, 0.1) is 5.82 Å². The van der Waals surface area contributed by atoms with Gasteiger partial charge in [-0.2, -0.15) is 0 Å². The second-order valence-electron chi connectivity index (χ2n) is 6.31.